The first-order valence-electron chi connectivity index (χ1n) is 3.03. The Labute approximate surface area is 59.5 Å². The molecule has 0 N–H and O–H groups in total. The van der Waals surface area contributed by atoms with E-state index in [1.54, 1.807) is 13.8 Å². The first-order valence-corrected chi connectivity index (χ1v) is 3.03. The molecule has 0 aromatic carbocycles. The summed E-state index contributed by atoms with van der Waals surface area (Å²) in [4.78, 5) is 20.7. The van der Waals surface area contributed by atoms with Crippen LogP contribution in [0.1, 0.15) is 13.8 Å². The van der Waals surface area contributed by atoms with Gasteiger partial charge in [0.1, 0.15) is 0 Å². The maximum Gasteiger partial charge on any atom is 0.334 e. The van der Waals surface area contributed by atoms with Crippen molar-refractivity contribution in [3.63, 3.8) is 0 Å². The number of esters is 1. The van der Waals surface area contributed by atoms with Crippen LogP contribution in [0.3, 0.4) is 0 Å². The lowest BCUT2D eigenvalue weighted by Gasteiger charge is -2.08. The molecular weight excluding hydrogens is 134 g/mol. The van der Waals surface area contributed by atoms with E-state index >= 15 is 0 Å². The first kappa shape index (κ1) is 9.07. The topological polar surface area (TPSA) is 55.7 Å². The van der Waals surface area contributed by atoms with Gasteiger partial charge in [0.2, 0.25) is 0 Å². The van der Waals surface area contributed by atoms with Gasteiger partial charge >= 0.3 is 5.97 Å². The van der Waals surface area contributed by atoms with E-state index in [-0.39, 0.29) is 5.92 Å². The van der Waals surface area contributed by atoms with E-state index in [1.807, 2.05) is 0 Å². The second kappa shape index (κ2) is 3.98. The fourth-order valence-corrected chi connectivity index (χ4v) is 0.558. The van der Waals surface area contributed by atoms with Crippen LogP contribution in [-0.4, -0.2) is 19.1 Å². The highest BCUT2D eigenvalue weighted by atomic mass is 16.5. The van der Waals surface area contributed by atoms with Crippen molar-refractivity contribution in [1.82, 2.24) is 0 Å². The Balaban J connectivity index is 4.06. The van der Waals surface area contributed by atoms with Gasteiger partial charge < -0.3 is 4.74 Å². The quantitative estimate of drug-likeness (QED) is 0.439. The number of hydrogen-bond donors (Lipinski definition) is 0. The second-order valence-corrected chi connectivity index (χ2v) is 2.32. The summed E-state index contributed by atoms with van der Waals surface area (Å²) in [6.45, 7) is 3.48. The van der Waals surface area contributed by atoms with Gasteiger partial charge in [-0.05, 0) is 5.92 Å². The normalized spacial score (nSPS) is 12.8. The zero-order chi connectivity index (χ0) is 8.15. The number of carbonyl (C=O) groups is 1. The van der Waals surface area contributed by atoms with E-state index in [2.05, 4.69) is 9.91 Å². The molecule has 0 aromatic rings. The largest absolute Gasteiger partial charge is 0.467 e. The highest BCUT2D eigenvalue weighted by molar-refractivity contribution is 5.76. The van der Waals surface area contributed by atoms with E-state index in [0.29, 0.717) is 0 Å². The number of hydrogen-bond acceptors (Lipinski definition) is 4. The van der Waals surface area contributed by atoms with Gasteiger partial charge in [-0.1, -0.05) is 19.0 Å². The number of ether oxygens (including phenoxy) is 1. The lowest BCUT2D eigenvalue weighted by atomic mass is 10.1. The molecule has 0 aliphatic heterocycles. The summed E-state index contributed by atoms with van der Waals surface area (Å²) in [5, 5.41) is 2.63. The van der Waals surface area contributed by atoms with E-state index in [0.717, 1.165) is 0 Å². The van der Waals surface area contributed by atoms with E-state index < -0.39 is 12.0 Å². The van der Waals surface area contributed by atoms with Crippen molar-refractivity contribution >= 4 is 5.97 Å². The van der Waals surface area contributed by atoms with Crippen LogP contribution in [0.4, 0.5) is 0 Å². The Morgan fingerprint density at radius 1 is 1.50 bits per heavy atom. The van der Waals surface area contributed by atoms with Gasteiger partial charge in [0.25, 0.3) is 0 Å². The molecule has 0 saturated carbocycles. The molecule has 4 heteroatoms. The van der Waals surface area contributed by atoms with Crippen molar-refractivity contribution < 1.29 is 9.53 Å². The average molecular weight is 145 g/mol. The molecule has 0 amide bonds. The highest BCUT2D eigenvalue weighted by Gasteiger charge is 2.23. The Morgan fingerprint density at radius 2 is 2.00 bits per heavy atom. The van der Waals surface area contributed by atoms with Crippen LogP contribution in [0, 0.1) is 10.8 Å². The van der Waals surface area contributed by atoms with Crippen molar-refractivity contribution in [2.75, 3.05) is 7.11 Å². The van der Waals surface area contributed by atoms with E-state index in [1.165, 1.54) is 7.11 Å². The summed E-state index contributed by atoms with van der Waals surface area (Å²) in [6, 6.07) is -0.856. The van der Waals surface area contributed by atoms with Gasteiger partial charge in [-0.2, -0.15) is 0 Å². The monoisotopic (exact) mass is 145 g/mol. The molecule has 0 aromatic heterocycles. The summed E-state index contributed by atoms with van der Waals surface area (Å²) in [6.07, 6.45) is 0. The lowest BCUT2D eigenvalue weighted by molar-refractivity contribution is -0.143. The molecule has 0 saturated heterocycles. The summed E-state index contributed by atoms with van der Waals surface area (Å²) >= 11 is 0. The Bertz CT molecular complexity index is 133. The minimum atomic E-state index is -0.856. The first-order chi connectivity index (χ1) is 4.63. The van der Waals surface area contributed by atoms with Crippen LogP contribution in [0.5, 0.6) is 0 Å². The summed E-state index contributed by atoms with van der Waals surface area (Å²) in [7, 11) is 1.24. The molecule has 0 rings (SSSR count). The Kier molecular flexibility index (Phi) is 3.61. The van der Waals surface area contributed by atoms with Crippen molar-refractivity contribution in [2.24, 2.45) is 11.1 Å². The number of rotatable bonds is 3. The standard InChI is InChI=1S/C6H11NO3/c1-4(2)5(7-9)6(8)10-3/h4-5H,1-3H3. The van der Waals surface area contributed by atoms with Crippen LogP contribution in [0.2, 0.25) is 0 Å². The van der Waals surface area contributed by atoms with Gasteiger partial charge in [0.15, 0.2) is 6.04 Å². The minimum Gasteiger partial charge on any atom is -0.467 e. The summed E-state index contributed by atoms with van der Waals surface area (Å²) < 4.78 is 4.33. The van der Waals surface area contributed by atoms with Gasteiger partial charge in [-0.25, -0.2) is 4.79 Å². The lowest BCUT2D eigenvalue weighted by Crippen LogP contribution is -2.25. The molecule has 1 atom stereocenters. The molecule has 0 spiro atoms. The molecule has 1 unspecified atom stereocenters. The van der Waals surface area contributed by atoms with Crippen LogP contribution < -0.4 is 0 Å². The summed E-state index contributed by atoms with van der Waals surface area (Å²) in [5.74, 6) is -0.657. The van der Waals surface area contributed by atoms with Crippen molar-refractivity contribution in [1.29, 1.82) is 0 Å². The summed E-state index contributed by atoms with van der Waals surface area (Å²) in [5.41, 5.74) is 0. The molecule has 0 aliphatic rings. The Hall–Kier alpha value is -0.930. The fourth-order valence-electron chi connectivity index (χ4n) is 0.558. The van der Waals surface area contributed by atoms with Crippen molar-refractivity contribution in [3.8, 4) is 0 Å². The zero-order valence-electron chi connectivity index (χ0n) is 6.33. The maximum absolute atomic E-state index is 10.7. The molecule has 0 heterocycles. The van der Waals surface area contributed by atoms with Gasteiger partial charge in [0, 0.05) is 0 Å². The highest BCUT2D eigenvalue weighted by Crippen LogP contribution is 2.06. The molecule has 4 nitrogen and oxygen atoms in total. The van der Waals surface area contributed by atoms with Crippen molar-refractivity contribution in [2.45, 2.75) is 19.9 Å². The van der Waals surface area contributed by atoms with Gasteiger partial charge in [-0.3, -0.25) is 0 Å². The smallest absolute Gasteiger partial charge is 0.334 e. The molecule has 10 heavy (non-hydrogen) atoms. The third-order valence-electron chi connectivity index (χ3n) is 1.19. The van der Waals surface area contributed by atoms with E-state index in [9.17, 15) is 9.70 Å². The van der Waals surface area contributed by atoms with Crippen LogP contribution >= 0.6 is 0 Å². The van der Waals surface area contributed by atoms with E-state index in [4.69, 9.17) is 0 Å². The average Bonchev–Trinajstić information content (AvgIpc) is 1.88. The predicted molar refractivity (Wildman–Crippen MR) is 36.4 cm³/mol. The van der Waals surface area contributed by atoms with Gasteiger partial charge in [0.05, 0.1) is 7.11 Å². The number of nitroso groups, excluding NO2 is 1. The van der Waals surface area contributed by atoms with Crippen LogP contribution in [0.25, 0.3) is 0 Å². The molecule has 0 fully saturated rings. The molecule has 58 valence electrons. The molecule has 0 radical (unpaired) electrons. The molecule has 0 bridgehead atoms. The third kappa shape index (κ3) is 2.13. The SMILES string of the molecule is COC(=O)C(N=O)C(C)C. The van der Waals surface area contributed by atoms with Gasteiger partial charge in [-0.15, -0.1) is 4.91 Å². The minimum absolute atomic E-state index is 0.0926. The fraction of sp³-hybridized carbons (Fsp3) is 0.833. The number of carbonyl (C=O) groups excluding carboxylic acids is 1. The number of nitrogens with zero attached hydrogens (tertiary/aromatic N) is 1. The molecular formula is C6H11NO3. The van der Waals surface area contributed by atoms with Crippen molar-refractivity contribution in [3.05, 3.63) is 4.91 Å². The predicted octanol–water partition coefficient (Wildman–Crippen LogP) is 0.950. The van der Waals surface area contributed by atoms with Crippen LogP contribution in [0.15, 0.2) is 5.18 Å². The zero-order valence-corrected chi connectivity index (χ0v) is 6.33. The molecule has 0 aliphatic carbocycles. The maximum atomic E-state index is 10.7. The third-order valence-corrected chi connectivity index (χ3v) is 1.19. The number of methoxy groups -OCH3 is 1. The van der Waals surface area contributed by atoms with Crippen LogP contribution in [-0.2, 0) is 9.53 Å². The second-order valence-electron chi connectivity index (χ2n) is 2.32. The Morgan fingerprint density at radius 3 is 2.10 bits per heavy atom.